The van der Waals surface area contributed by atoms with Gasteiger partial charge < -0.3 is 10.0 Å². The molecule has 1 aromatic heterocycles. The van der Waals surface area contributed by atoms with Crippen LogP contribution in [0.3, 0.4) is 0 Å². The highest BCUT2D eigenvalue weighted by Gasteiger charge is 2.28. The van der Waals surface area contributed by atoms with Gasteiger partial charge in [0.1, 0.15) is 0 Å². The van der Waals surface area contributed by atoms with Gasteiger partial charge in [-0.05, 0) is 18.7 Å². The fourth-order valence-electron chi connectivity index (χ4n) is 1.82. The Kier molecular flexibility index (Phi) is 3.96. The zero-order valence-electron chi connectivity index (χ0n) is 10.3. The molecule has 2 heterocycles. The topological polar surface area (TPSA) is 73.7 Å². The summed E-state index contributed by atoms with van der Waals surface area (Å²) in [5, 5.41) is 8.95. The van der Waals surface area contributed by atoms with Gasteiger partial charge in [0.25, 0.3) is 10.0 Å². The summed E-state index contributed by atoms with van der Waals surface area (Å²) >= 11 is 0. The second-order valence-corrected chi connectivity index (χ2v) is 6.25. The third-order valence-electron chi connectivity index (χ3n) is 3.05. The van der Waals surface area contributed by atoms with E-state index in [2.05, 4.69) is 9.88 Å². The van der Waals surface area contributed by atoms with Crippen molar-refractivity contribution in [2.45, 2.75) is 11.6 Å². The predicted octanol–water partition coefficient (Wildman–Crippen LogP) is -0.490. The van der Waals surface area contributed by atoms with Crippen LogP contribution in [0.25, 0.3) is 0 Å². The monoisotopic (exact) mass is 271 g/mol. The van der Waals surface area contributed by atoms with Crippen LogP contribution in [0.1, 0.15) is 5.56 Å². The molecule has 0 aliphatic carbocycles. The minimum Gasteiger partial charge on any atom is -0.392 e. The molecule has 6 nitrogen and oxygen atoms in total. The SMILES string of the molecule is CN1CCN(S(=O)(=O)c2ccc(CO)cn2)CC1. The summed E-state index contributed by atoms with van der Waals surface area (Å²) in [6.45, 7) is 2.30. The van der Waals surface area contributed by atoms with Gasteiger partial charge in [-0.25, -0.2) is 13.4 Å². The molecule has 0 saturated carbocycles. The Labute approximate surface area is 107 Å². The molecule has 2 rings (SSSR count). The molecule has 0 spiro atoms. The minimum absolute atomic E-state index is 0.0456. The van der Waals surface area contributed by atoms with Gasteiger partial charge in [-0.1, -0.05) is 6.07 Å². The van der Waals surface area contributed by atoms with E-state index in [1.807, 2.05) is 7.05 Å². The largest absolute Gasteiger partial charge is 0.392 e. The summed E-state index contributed by atoms with van der Waals surface area (Å²) in [5.41, 5.74) is 0.604. The molecule has 1 aromatic rings. The van der Waals surface area contributed by atoms with Crippen LogP contribution in [0.15, 0.2) is 23.4 Å². The number of likely N-dealkylation sites (N-methyl/N-ethyl adjacent to an activating group) is 1. The van der Waals surface area contributed by atoms with Crippen LogP contribution < -0.4 is 0 Å². The number of aromatic nitrogens is 1. The molecule has 1 fully saturated rings. The van der Waals surface area contributed by atoms with Gasteiger partial charge in [-0.2, -0.15) is 4.31 Å². The highest BCUT2D eigenvalue weighted by atomic mass is 32.2. The first-order valence-electron chi connectivity index (χ1n) is 5.78. The van der Waals surface area contributed by atoms with Crippen LogP contribution in [-0.4, -0.2) is 60.9 Å². The van der Waals surface area contributed by atoms with Crippen LogP contribution in [0, 0.1) is 0 Å². The molecular formula is C11H17N3O3S. The van der Waals surface area contributed by atoms with E-state index in [1.54, 1.807) is 6.07 Å². The lowest BCUT2D eigenvalue weighted by Crippen LogP contribution is -2.47. The normalized spacial score (nSPS) is 19.0. The van der Waals surface area contributed by atoms with E-state index in [0.717, 1.165) is 13.1 Å². The molecule has 0 atom stereocenters. The van der Waals surface area contributed by atoms with E-state index in [9.17, 15) is 8.42 Å². The molecule has 1 aliphatic heterocycles. The Balaban J connectivity index is 2.19. The lowest BCUT2D eigenvalue weighted by atomic mass is 10.3. The van der Waals surface area contributed by atoms with Crippen LogP contribution in [-0.2, 0) is 16.6 Å². The molecule has 0 amide bonds. The third kappa shape index (κ3) is 2.69. The van der Waals surface area contributed by atoms with Gasteiger partial charge in [-0.15, -0.1) is 0 Å². The molecule has 7 heteroatoms. The first-order chi connectivity index (χ1) is 8.54. The number of rotatable bonds is 3. The molecular weight excluding hydrogens is 254 g/mol. The Morgan fingerprint density at radius 1 is 1.28 bits per heavy atom. The number of aliphatic hydroxyl groups is 1. The molecule has 0 bridgehead atoms. The molecule has 100 valence electrons. The number of nitrogens with zero attached hydrogens (tertiary/aromatic N) is 3. The van der Waals surface area contributed by atoms with E-state index < -0.39 is 10.0 Å². The van der Waals surface area contributed by atoms with Crippen molar-refractivity contribution in [1.82, 2.24) is 14.2 Å². The number of hydrogen-bond donors (Lipinski definition) is 1. The van der Waals surface area contributed by atoms with Crippen molar-refractivity contribution in [1.29, 1.82) is 0 Å². The highest BCUT2D eigenvalue weighted by Crippen LogP contribution is 2.15. The Morgan fingerprint density at radius 3 is 2.44 bits per heavy atom. The molecule has 0 radical (unpaired) electrons. The van der Waals surface area contributed by atoms with Crippen LogP contribution in [0.4, 0.5) is 0 Å². The molecule has 0 unspecified atom stereocenters. The van der Waals surface area contributed by atoms with Crippen LogP contribution >= 0.6 is 0 Å². The second kappa shape index (κ2) is 5.31. The van der Waals surface area contributed by atoms with Gasteiger partial charge in [0.15, 0.2) is 5.03 Å². The van der Waals surface area contributed by atoms with Crippen molar-refractivity contribution < 1.29 is 13.5 Å². The van der Waals surface area contributed by atoms with Crippen LogP contribution in [0.2, 0.25) is 0 Å². The van der Waals surface area contributed by atoms with Crippen LogP contribution in [0.5, 0.6) is 0 Å². The summed E-state index contributed by atoms with van der Waals surface area (Å²) < 4.78 is 26.0. The number of pyridine rings is 1. The molecule has 18 heavy (non-hydrogen) atoms. The van der Waals surface area contributed by atoms with Crippen molar-refractivity contribution >= 4 is 10.0 Å². The fourth-order valence-corrected chi connectivity index (χ4v) is 3.15. The zero-order chi connectivity index (χ0) is 13.2. The molecule has 1 N–H and O–H groups in total. The van der Waals surface area contributed by atoms with Crippen molar-refractivity contribution in [3.63, 3.8) is 0 Å². The van der Waals surface area contributed by atoms with Crippen molar-refractivity contribution in [2.75, 3.05) is 33.2 Å². The van der Waals surface area contributed by atoms with Gasteiger partial charge in [-0.3, -0.25) is 0 Å². The average Bonchev–Trinajstić information content (AvgIpc) is 2.39. The maximum atomic E-state index is 12.3. The van der Waals surface area contributed by atoms with Gasteiger partial charge in [0.2, 0.25) is 0 Å². The van der Waals surface area contributed by atoms with E-state index >= 15 is 0 Å². The Bertz CT molecular complexity index is 493. The minimum atomic E-state index is -3.50. The Hall–Kier alpha value is -1.02. The standard InChI is InChI=1S/C11H17N3O3S/c1-13-4-6-14(7-5-13)18(16,17)11-3-2-10(9-15)8-12-11/h2-3,8,15H,4-7,9H2,1H3. The smallest absolute Gasteiger partial charge is 0.260 e. The maximum absolute atomic E-state index is 12.3. The summed E-state index contributed by atoms with van der Waals surface area (Å²) in [7, 11) is -1.53. The number of piperazine rings is 1. The summed E-state index contributed by atoms with van der Waals surface area (Å²) in [4.78, 5) is 6.00. The maximum Gasteiger partial charge on any atom is 0.260 e. The van der Waals surface area contributed by atoms with E-state index in [0.29, 0.717) is 18.7 Å². The van der Waals surface area contributed by atoms with E-state index in [1.165, 1.54) is 16.6 Å². The summed E-state index contributed by atoms with van der Waals surface area (Å²) in [6.07, 6.45) is 1.39. The van der Waals surface area contributed by atoms with Crippen molar-refractivity contribution in [3.8, 4) is 0 Å². The molecule has 0 aromatic carbocycles. The summed E-state index contributed by atoms with van der Waals surface area (Å²) in [5.74, 6) is 0. The second-order valence-electron chi connectivity index (χ2n) is 4.37. The summed E-state index contributed by atoms with van der Waals surface area (Å²) in [6, 6.07) is 3.02. The number of aliphatic hydroxyl groups excluding tert-OH is 1. The van der Waals surface area contributed by atoms with Gasteiger partial charge >= 0.3 is 0 Å². The first-order valence-corrected chi connectivity index (χ1v) is 7.22. The quantitative estimate of drug-likeness (QED) is 0.803. The lowest BCUT2D eigenvalue weighted by Gasteiger charge is -2.31. The fraction of sp³-hybridized carbons (Fsp3) is 0.545. The number of hydrogen-bond acceptors (Lipinski definition) is 5. The molecule has 1 aliphatic rings. The highest BCUT2D eigenvalue weighted by molar-refractivity contribution is 7.89. The number of sulfonamides is 1. The average molecular weight is 271 g/mol. The van der Waals surface area contributed by atoms with Crippen molar-refractivity contribution in [2.24, 2.45) is 0 Å². The van der Waals surface area contributed by atoms with Crippen molar-refractivity contribution in [3.05, 3.63) is 23.9 Å². The van der Waals surface area contributed by atoms with Gasteiger partial charge in [0.05, 0.1) is 6.61 Å². The van der Waals surface area contributed by atoms with E-state index in [-0.39, 0.29) is 11.6 Å². The Morgan fingerprint density at radius 2 is 1.94 bits per heavy atom. The lowest BCUT2D eigenvalue weighted by molar-refractivity contribution is 0.222. The first kappa shape index (κ1) is 13.4. The molecule has 1 saturated heterocycles. The van der Waals surface area contributed by atoms with Gasteiger partial charge in [0, 0.05) is 32.4 Å². The predicted molar refractivity (Wildman–Crippen MR) is 66.4 cm³/mol. The zero-order valence-corrected chi connectivity index (χ0v) is 11.1. The third-order valence-corrected chi connectivity index (χ3v) is 4.86. The van der Waals surface area contributed by atoms with E-state index in [4.69, 9.17) is 5.11 Å².